The maximum atomic E-state index is 13.8. The molecule has 100 valence electrons. The fourth-order valence-electron chi connectivity index (χ4n) is 2.01. The van der Waals surface area contributed by atoms with Crippen LogP contribution < -0.4 is 11.1 Å². The van der Waals surface area contributed by atoms with E-state index in [0.29, 0.717) is 17.9 Å². The molecule has 2 rings (SSSR count). The van der Waals surface area contributed by atoms with Gasteiger partial charge in [0, 0.05) is 12.0 Å². The van der Waals surface area contributed by atoms with Crippen molar-refractivity contribution in [2.24, 2.45) is 11.7 Å². The van der Waals surface area contributed by atoms with Gasteiger partial charge >= 0.3 is 0 Å². The van der Waals surface area contributed by atoms with Crippen molar-refractivity contribution in [3.63, 3.8) is 0 Å². The van der Waals surface area contributed by atoms with E-state index in [4.69, 9.17) is 5.73 Å². The van der Waals surface area contributed by atoms with Crippen LogP contribution in [0.3, 0.4) is 0 Å². The summed E-state index contributed by atoms with van der Waals surface area (Å²) in [5.74, 6) is 5.29. The second kappa shape index (κ2) is 6.35. The molecule has 3 N–H and O–H groups in total. The van der Waals surface area contributed by atoms with Crippen LogP contribution in [-0.4, -0.2) is 12.5 Å². The lowest BCUT2D eigenvalue weighted by atomic mass is 9.83. The van der Waals surface area contributed by atoms with E-state index < -0.39 is 5.82 Å². The second-order valence-electron chi connectivity index (χ2n) is 4.75. The summed E-state index contributed by atoms with van der Waals surface area (Å²) in [6.07, 6.45) is 3.88. The highest BCUT2D eigenvalue weighted by atomic mass is 19.1. The molecule has 1 fully saturated rings. The van der Waals surface area contributed by atoms with Crippen molar-refractivity contribution in [2.45, 2.75) is 25.7 Å². The van der Waals surface area contributed by atoms with E-state index in [1.165, 1.54) is 18.6 Å². The molecular weight excluding hydrogens is 243 g/mol. The number of amides is 1. The lowest BCUT2D eigenvalue weighted by Gasteiger charge is -2.24. The molecule has 1 aliphatic carbocycles. The molecule has 0 spiro atoms. The summed E-state index contributed by atoms with van der Waals surface area (Å²) < 4.78 is 13.8. The smallest absolute Gasteiger partial charge is 0.224 e. The fourth-order valence-corrected chi connectivity index (χ4v) is 2.01. The van der Waals surface area contributed by atoms with Crippen LogP contribution in [0.5, 0.6) is 0 Å². The minimum absolute atomic E-state index is 0.121. The Balaban J connectivity index is 1.97. The Hall–Kier alpha value is -1.86. The lowest BCUT2D eigenvalue weighted by molar-refractivity contribution is -0.117. The van der Waals surface area contributed by atoms with Gasteiger partial charge in [-0.25, -0.2) is 4.39 Å². The quantitative estimate of drug-likeness (QED) is 0.819. The Labute approximate surface area is 112 Å². The molecule has 19 heavy (non-hydrogen) atoms. The van der Waals surface area contributed by atoms with Gasteiger partial charge in [0.05, 0.1) is 12.2 Å². The van der Waals surface area contributed by atoms with Crippen molar-refractivity contribution in [1.82, 2.24) is 0 Å². The third-order valence-electron chi connectivity index (χ3n) is 3.28. The van der Waals surface area contributed by atoms with Crippen LogP contribution >= 0.6 is 0 Å². The standard InChI is InChI=1S/C15H17FN2O/c16-13-9-12(5-2-8-17)6-7-14(13)18-15(19)10-11-3-1-4-11/h6-7,9,11H,1,3-4,8,10,17H2,(H,18,19). The van der Waals surface area contributed by atoms with Gasteiger partial charge in [-0.15, -0.1) is 0 Å². The predicted octanol–water partition coefficient (Wildman–Crippen LogP) is 2.26. The molecule has 0 saturated heterocycles. The number of anilines is 1. The van der Waals surface area contributed by atoms with E-state index in [9.17, 15) is 9.18 Å². The van der Waals surface area contributed by atoms with Crippen molar-refractivity contribution in [3.05, 3.63) is 29.6 Å². The molecule has 1 amide bonds. The van der Waals surface area contributed by atoms with Gasteiger partial charge in [0.1, 0.15) is 5.82 Å². The minimum Gasteiger partial charge on any atom is -0.324 e. The zero-order valence-corrected chi connectivity index (χ0v) is 10.7. The number of hydrogen-bond acceptors (Lipinski definition) is 2. The zero-order valence-electron chi connectivity index (χ0n) is 10.7. The molecule has 0 unspecified atom stereocenters. The summed E-state index contributed by atoms with van der Waals surface area (Å²) in [5.41, 5.74) is 6.02. The third-order valence-corrected chi connectivity index (χ3v) is 3.28. The summed E-state index contributed by atoms with van der Waals surface area (Å²) in [7, 11) is 0. The monoisotopic (exact) mass is 260 g/mol. The molecule has 0 heterocycles. The summed E-state index contributed by atoms with van der Waals surface area (Å²) in [4.78, 5) is 11.7. The van der Waals surface area contributed by atoms with Crippen LogP contribution in [0.1, 0.15) is 31.2 Å². The van der Waals surface area contributed by atoms with E-state index in [0.717, 1.165) is 12.8 Å². The molecule has 0 atom stereocenters. The van der Waals surface area contributed by atoms with Gasteiger partial charge in [0.15, 0.2) is 0 Å². The molecule has 1 aliphatic rings. The Morgan fingerprint density at radius 3 is 2.84 bits per heavy atom. The van der Waals surface area contributed by atoms with E-state index in [1.54, 1.807) is 6.07 Å². The second-order valence-corrected chi connectivity index (χ2v) is 4.75. The van der Waals surface area contributed by atoms with Crippen molar-refractivity contribution in [2.75, 3.05) is 11.9 Å². The first-order valence-electron chi connectivity index (χ1n) is 6.47. The van der Waals surface area contributed by atoms with Gasteiger partial charge in [-0.3, -0.25) is 4.79 Å². The number of benzene rings is 1. The molecule has 1 saturated carbocycles. The molecular formula is C15H17FN2O. The van der Waals surface area contributed by atoms with E-state index in [2.05, 4.69) is 17.2 Å². The van der Waals surface area contributed by atoms with Gasteiger partial charge in [-0.2, -0.15) is 0 Å². The Morgan fingerprint density at radius 2 is 2.26 bits per heavy atom. The minimum atomic E-state index is -0.467. The van der Waals surface area contributed by atoms with Gasteiger partial charge in [-0.1, -0.05) is 18.3 Å². The van der Waals surface area contributed by atoms with E-state index in [-0.39, 0.29) is 18.1 Å². The highest BCUT2D eigenvalue weighted by molar-refractivity contribution is 5.91. The molecule has 0 bridgehead atoms. The van der Waals surface area contributed by atoms with Crippen molar-refractivity contribution >= 4 is 11.6 Å². The number of nitrogens with two attached hydrogens (primary N) is 1. The molecule has 3 nitrogen and oxygen atoms in total. The molecule has 4 heteroatoms. The summed E-state index contributed by atoms with van der Waals surface area (Å²) in [6, 6.07) is 4.51. The summed E-state index contributed by atoms with van der Waals surface area (Å²) in [6.45, 7) is 0.238. The number of carbonyl (C=O) groups excluding carboxylic acids is 1. The Morgan fingerprint density at radius 1 is 1.47 bits per heavy atom. The zero-order chi connectivity index (χ0) is 13.7. The van der Waals surface area contributed by atoms with Crippen molar-refractivity contribution in [3.8, 4) is 11.8 Å². The number of nitrogens with one attached hydrogen (secondary N) is 1. The maximum absolute atomic E-state index is 13.8. The first-order chi connectivity index (χ1) is 9.19. The van der Waals surface area contributed by atoms with Gasteiger partial charge in [-0.05, 0) is 37.0 Å². The molecule has 0 radical (unpaired) electrons. The van der Waals surface area contributed by atoms with Crippen LogP contribution in [-0.2, 0) is 4.79 Å². The first-order valence-corrected chi connectivity index (χ1v) is 6.47. The van der Waals surface area contributed by atoms with Gasteiger partial charge in [0.25, 0.3) is 0 Å². The number of rotatable bonds is 3. The molecule has 1 aromatic rings. The highest BCUT2D eigenvalue weighted by Gasteiger charge is 2.21. The highest BCUT2D eigenvalue weighted by Crippen LogP contribution is 2.29. The topological polar surface area (TPSA) is 55.1 Å². The maximum Gasteiger partial charge on any atom is 0.224 e. The summed E-state index contributed by atoms with van der Waals surface area (Å²) >= 11 is 0. The number of hydrogen-bond donors (Lipinski definition) is 2. The molecule has 0 aliphatic heterocycles. The molecule has 0 aromatic heterocycles. The van der Waals surface area contributed by atoms with Crippen molar-refractivity contribution < 1.29 is 9.18 Å². The van der Waals surface area contributed by atoms with E-state index in [1.807, 2.05) is 0 Å². The van der Waals surface area contributed by atoms with Crippen LogP contribution in [0.15, 0.2) is 18.2 Å². The number of carbonyl (C=O) groups is 1. The SMILES string of the molecule is NCC#Cc1ccc(NC(=O)CC2CCC2)c(F)c1. The summed E-state index contributed by atoms with van der Waals surface area (Å²) in [5, 5.41) is 2.61. The largest absolute Gasteiger partial charge is 0.324 e. The average Bonchev–Trinajstić information content (AvgIpc) is 2.34. The normalized spacial score (nSPS) is 14.2. The van der Waals surface area contributed by atoms with E-state index >= 15 is 0 Å². The average molecular weight is 260 g/mol. The van der Waals surface area contributed by atoms with Gasteiger partial charge < -0.3 is 11.1 Å². The van der Waals surface area contributed by atoms with Crippen LogP contribution in [0, 0.1) is 23.6 Å². The molecule has 1 aromatic carbocycles. The van der Waals surface area contributed by atoms with Gasteiger partial charge in [0.2, 0.25) is 5.91 Å². The lowest BCUT2D eigenvalue weighted by Crippen LogP contribution is -2.21. The predicted molar refractivity (Wildman–Crippen MR) is 72.9 cm³/mol. The van der Waals surface area contributed by atoms with Crippen LogP contribution in [0.25, 0.3) is 0 Å². The van der Waals surface area contributed by atoms with Crippen molar-refractivity contribution in [1.29, 1.82) is 0 Å². The van der Waals surface area contributed by atoms with Crippen LogP contribution in [0.4, 0.5) is 10.1 Å². The Bertz CT molecular complexity index is 527. The van der Waals surface area contributed by atoms with Crippen LogP contribution in [0.2, 0.25) is 0 Å². The first kappa shape index (κ1) is 13.6. The third kappa shape index (κ3) is 3.80. The fraction of sp³-hybridized carbons (Fsp3) is 0.400. The number of halogens is 1. The Kier molecular flexibility index (Phi) is 4.53.